The van der Waals surface area contributed by atoms with Gasteiger partial charge < -0.3 is 24.7 Å². The average Bonchev–Trinajstić information content (AvgIpc) is 3.02. The molecule has 160 valence electrons. The van der Waals surface area contributed by atoms with Crippen LogP contribution in [0.3, 0.4) is 0 Å². The molecule has 1 aliphatic heterocycles. The maximum atomic E-state index is 14.5. The van der Waals surface area contributed by atoms with E-state index in [1.165, 1.54) is 0 Å². The first kappa shape index (κ1) is 23.4. The second-order valence-corrected chi connectivity index (χ2v) is 6.68. The van der Waals surface area contributed by atoms with Crippen LogP contribution in [0.5, 0.6) is 0 Å². The Hall–Kier alpha value is -1.88. The number of morpholine rings is 1. The zero-order valence-electron chi connectivity index (χ0n) is 17.1. The number of hydrogen-bond donors (Lipinski definition) is 2. The minimum Gasteiger partial charge on any atom is -0.444 e. The SMILES string of the molecule is CCNC(=NCc1ccc(N2CCOCC2)c(F)c1)NCc1nc(C)c(C)o1.I. The van der Waals surface area contributed by atoms with Crippen LogP contribution in [-0.2, 0) is 17.8 Å². The lowest BCUT2D eigenvalue weighted by Gasteiger charge is -2.29. The molecule has 29 heavy (non-hydrogen) atoms. The van der Waals surface area contributed by atoms with Crippen molar-refractivity contribution in [3.8, 4) is 0 Å². The van der Waals surface area contributed by atoms with Crippen LogP contribution in [-0.4, -0.2) is 43.8 Å². The van der Waals surface area contributed by atoms with E-state index in [1.54, 1.807) is 6.07 Å². The molecule has 0 amide bonds. The summed E-state index contributed by atoms with van der Waals surface area (Å²) in [6.45, 7) is 10.0. The van der Waals surface area contributed by atoms with Crippen LogP contribution < -0.4 is 15.5 Å². The molecule has 0 radical (unpaired) electrons. The summed E-state index contributed by atoms with van der Waals surface area (Å²) in [6.07, 6.45) is 0. The quantitative estimate of drug-likeness (QED) is 0.349. The number of oxazole rings is 1. The van der Waals surface area contributed by atoms with Crippen molar-refractivity contribution >= 4 is 35.6 Å². The lowest BCUT2D eigenvalue weighted by Crippen LogP contribution is -2.37. The standard InChI is InChI=1S/C20H28FN5O2.HI/c1-4-22-20(24-13-19-25-14(2)15(3)28-19)23-12-16-5-6-18(17(21)11-16)26-7-9-27-10-8-26;/h5-6,11H,4,7-10,12-13H2,1-3H3,(H2,22,23,24);1H. The number of aromatic nitrogens is 1. The van der Waals surface area contributed by atoms with Crippen molar-refractivity contribution in [3.05, 3.63) is 46.9 Å². The zero-order valence-corrected chi connectivity index (χ0v) is 19.5. The van der Waals surface area contributed by atoms with E-state index in [2.05, 4.69) is 20.6 Å². The molecule has 7 nitrogen and oxygen atoms in total. The fourth-order valence-electron chi connectivity index (χ4n) is 3.00. The Morgan fingerprint density at radius 2 is 2.00 bits per heavy atom. The number of halogens is 2. The van der Waals surface area contributed by atoms with Crippen molar-refractivity contribution in [1.82, 2.24) is 15.6 Å². The molecule has 0 spiro atoms. The third-order valence-corrected chi connectivity index (χ3v) is 4.61. The summed E-state index contributed by atoms with van der Waals surface area (Å²) < 4.78 is 25.4. The highest BCUT2D eigenvalue weighted by atomic mass is 127. The lowest BCUT2D eigenvalue weighted by molar-refractivity contribution is 0.122. The van der Waals surface area contributed by atoms with Gasteiger partial charge in [0.2, 0.25) is 5.89 Å². The van der Waals surface area contributed by atoms with E-state index in [0.717, 1.165) is 23.6 Å². The van der Waals surface area contributed by atoms with Crippen molar-refractivity contribution in [2.75, 3.05) is 37.7 Å². The van der Waals surface area contributed by atoms with Gasteiger partial charge in [-0.2, -0.15) is 0 Å². The highest BCUT2D eigenvalue weighted by Crippen LogP contribution is 2.22. The van der Waals surface area contributed by atoms with Gasteiger partial charge in [-0.25, -0.2) is 14.4 Å². The number of guanidine groups is 1. The Bertz CT molecular complexity index is 802. The summed E-state index contributed by atoms with van der Waals surface area (Å²) in [4.78, 5) is 10.9. The summed E-state index contributed by atoms with van der Waals surface area (Å²) in [5.74, 6) is 1.84. The first-order chi connectivity index (χ1) is 13.6. The molecule has 1 aliphatic rings. The fourth-order valence-corrected chi connectivity index (χ4v) is 3.00. The van der Waals surface area contributed by atoms with Gasteiger partial charge in [0.25, 0.3) is 0 Å². The van der Waals surface area contributed by atoms with Crippen LogP contribution in [0.25, 0.3) is 0 Å². The van der Waals surface area contributed by atoms with E-state index in [1.807, 2.05) is 37.8 Å². The molecule has 2 aromatic rings. The maximum absolute atomic E-state index is 14.5. The minimum absolute atomic E-state index is 0. The van der Waals surface area contributed by atoms with E-state index >= 15 is 0 Å². The van der Waals surface area contributed by atoms with Crippen molar-refractivity contribution in [2.24, 2.45) is 4.99 Å². The molecule has 9 heteroatoms. The molecule has 1 fully saturated rings. The molecule has 0 aliphatic carbocycles. The molecule has 2 heterocycles. The van der Waals surface area contributed by atoms with Gasteiger partial charge in [0.1, 0.15) is 11.6 Å². The van der Waals surface area contributed by atoms with E-state index < -0.39 is 0 Å². The minimum atomic E-state index is -0.224. The average molecular weight is 517 g/mol. The van der Waals surface area contributed by atoms with Gasteiger partial charge in [0.05, 0.1) is 37.7 Å². The monoisotopic (exact) mass is 517 g/mol. The Kier molecular flexibility index (Phi) is 9.15. The molecular weight excluding hydrogens is 488 g/mol. The lowest BCUT2D eigenvalue weighted by atomic mass is 10.1. The second-order valence-electron chi connectivity index (χ2n) is 6.68. The summed E-state index contributed by atoms with van der Waals surface area (Å²) >= 11 is 0. The third kappa shape index (κ3) is 6.56. The second kappa shape index (κ2) is 11.3. The van der Waals surface area contributed by atoms with Gasteiger partial charge in [-0.05, 0) is 38.5 Å². The topological polar surface area (TPSA) is 74.9 Å². The Labute approximate surface area is 188 Å². The molecule has 0 bridgehead atoms. The number of nitrogens with one attached hydrogen (secondary N) is 2. The summed E-state index contributed by atoms with van der Waals surface area (Å²) in [6, 6.07) is 5.30. The van der Waals surface area contributed by atoms with Crippen LogP contribution in [0, 0.1) is 19.7 Å². The summed E-state index contributed by atoms with van der Waals surface area (Å²) in [7, 11) is 0. The summed E-state index contributed by atoms with van der Waals surface area (Å²) in [5.41, 5.74) is 2.32. The van der Waals surface area contributed by atoms with Crippen LogP contribution in [0.1, 0.15) is 29.8 Å². The van der Waals surface area contributed by atoms with E-state index in [4.69, 9.17) is 9.15 Å². The maximum Gasteiger partial charge on any atom is 0.214 e. The predicted molar refractivity (Wildman–Crippen MR) is 122 cm³/mol. The molecule has 0 atom stereocenters. The van der Waals surface area contributed by atoms with Crippen LogP contribution >= 0.6 is 24.0 Å². The molecule has 3 rings (SSSR count). The van der Waals surface area contributed by atoms with Crippen molar-refractivity contribution in [1.29, 1.82) is 0 Å². The van der Waals surface area contributed by atoms with Gasteiger partial charge in [0, 0.05) is 19.6 Å². The third-order valence-electron chi connectivity index (χ3n) is 4.61. The predicted octanol–water partition coefficient (Wildman–Crippen LogP) is 3.14. The Morgan fingerprint density at radius 1 is 1.24 bits per heavy atom. The van der Waals surface area contributed by atoms with Gasteiger partial charge >= 0.3 is 0 Å². The number of hydrogen-bond acceptors (Lipinski definition) is 5. The normalized spacial score (nSPS) is 14.5. The van der Waals surface area contributed by atoms with E-state index in [9.17, 15) is 4.39 Å². The van der Waals surface area contributed by atoms with Crippen LogP contribution in [0.15, 0.2) is 27.6 Å². The zero-order chi connectivity index (χ0) is 19.9. The molecule has 1 saturated heterocycles. The molecule has 0 unspecified atom stereocenters. The van der Waals surface area contributed by atoms with E-state index in [-0.39, 0.29) is 29.8 Å². The Morgan fingerprint density at radius 3 is 2.62 bits per heavy atom. The number of aliphatic imine (C=N–C) groups is 1. The highest BCUT2D eigenvalue weighted by molar-refractivity contribution is 14.0. The van der Waals surface area contributed by atoms with Crippen molar-refractivity contribution in [3.63, 3.8) is 0 Å². The molecule has 1 aromatic carbocycles. The Balaban J connectivity index is 0.00000300. The number of ether oxygens (including phenoxy) is 1. The number of benzene rings is 1. The van der Waals surface area contributed by atoms with E-state index in [0.29, 0.717) is 56.9 Å². The number of anilines is 1. The molecule has 1 aromatic heterocycles. The van der Waals surface area contributed by atoms with Crippen LogP contribution in [0.4, 0.5) is 10.1 Å². The fraction of sp³-hybridized carbons (Fsp3) is 0.500. The van der Waals surface area contributed by atoms with Gasteiger partial charge in [-0.1, -0.05) is 6.07 Å². The smallest absolute Gasteiger partial charge is 0.214 e. The van der Waals surface area contributed by atoms with Gasteiger partial charge in [-0.15, -0.1) is 24.0 Å². The first-order valence-corrected chi connectivity index (χ1v) is 9.63. The number of rotatable bonds is 6. The van der Waals surface area contributed by atoms with Crippen LogP contribution in [0.2, 0.25) is 0 Å². The number of nitrogens with zero attached hydrogens (tertiary/aromatic N) is 3. The van der Waals surface area contributed by atoms with Gasteiger partial charge in [-0.3, -0.25) is 0 Å². The molecule has 2 N–H and O–H groups in total. The summed E-state index contributed by atoms with van der Waals surface area (Å²) in [5, 5.41) is 6.37. The van der Waals surface area contributed by atoms with Crippen molar-refractivity contribution in [2.45, 2.75) is 33.9 Å². The molecule has 0 saturated carbocycles. The van der Waals surface area contributed by atoms with Crippen molar-refractivity contribution < 1.29 is 13.5 Å². The number of aryl methyl sites for hydroxylation is 2. The van der Waals surface area contributed by atoms with Gasteiger partial charge in [0.15, 0.2) is 5.96 Å². The molecular formula is C20H29FIN5O2. The highest BCUT2D eigenvalue weighted by Gasteiger charge is 2.15. The largest absolute Gasteiger partial charge is 0.444 e. The first-order valence-electron chi connectivity index (χ1n) is 9.63.